The number of hydrogen-bond acceptors (Lipinski definition) is 0. The first-order chi connectivity index (χ1) is 4.38. The van der Waals surface area contributed by atoms with Crippen molar-refractivity contribution in [3.05, 3.63) is 6.42 Å². The second-order valence-corrected chi connectivity index (χ2v) is 3.09. The Kier molecular flexibility index (Phi) is 2.56. The van der Waals surface area contributed by atoms with Crippen LogP contribution in [0.25, 0.3) is 0 Å². The first kappa shape index (κ1) is 7.11. The zero-order valence-electron chi connectivity index (χ0n) is 6.56. The van der Waals surface area contributed by atoms with Gasteiger partial charge in [0.15, 0.2) is 0 Å². The standard InChI is InChI=1S/C9H17/c1-3-5-8(4-2)9-6-7-9/h6,8-9H,3-5,7H2,1-2H3. The monoisotopic (exact) mass is 125 g/mol. The highest BCUT2D eigenvalue weighted by molar-refractivity contribution is 4.98. The zero-order chi connectivity index (χ0) is 6.69. The van der Waals surface area contributed by atoms with E-state index in [-0.39, 0.29) is 0 Å². The van der Waals surface area contributed by atoms with E-state index in [1.165, 1.54) is 25.7 Å². The number of hydrogen-bond donors (Lipinski definition) is 0. The van der Waals surface area contributed by atoms with Gasteiger partial charge in [-0.15, -0.1) is 0 Å². The van der Waals surface area contributed by atoms with Crippen molar-refractivity contribution >= 4 is 0 Å². The van der Waals surface area contributed by atoms with Crippen LogP contribution in [-0.2, 0) is 0 Å². The Labute approximate surface area is 58.7 Å². The Bertz CT molecular complexity index is 72.1. The van der Waals surface area contributed by atoms with Crippen molar-refractivity contribution in [3.63, 3.8) is 0 Å². The fourth-order valence-electron chi connectivity index (χ4n) is 1.56. The van der Waals surface area contributed by atoms with Crippen LogP contribution < -0.4 is 0 Å². The molecule has 0 saturated heterocycles. The number of rotatable bonds is 4. The van der Waals surface area contributed by atoms with Crippen molar-refractivity contribution in [2.45, 2.75) is 39.5 Å². The average Bonchev–Trinajstić information content (AvgIpc) is 2.64. The molecule has 0 aromatic rings. The van der Waals surface area contributed by atoms with Crippen molar-refractivity contribution in [1.29, 1.82) is 0 Å². The van der Waals surface area contributed by atoms with Gasteiger partial charge in [0.1, 0.15) is 0 Å². The van der Waals surface area contributed by atoms with E-state index in [0.717, 1.165) is 11.8 Å². The first-order valence-electron chi connectivity index (χ1n) is 4.21. The summed E-state index contributed by atoms with van der Waals surface area (Å²) in [6.45, 7) is 4.59. The van der Waals surface area contributed by atoms with Gasteiger partial charge in [-0.05, 0) is 24.7 Å². The molecule has 1 fully saturated rings. The SMILES string of the molecule is CCCC(CC)C1[CH]C1. The Morgan fingerprint density at radius 3 is 2.56 bits per heavy atom. The summed E-state index contributed by atoms with van der Waals surface area (Å²) in [5.41, 5.74) is 0. The Morgan fingerprint density at radius 2 is 2.22 bits per heavy atom. The van der Waals surface area contributed by atoms with Gasteiger partial charge in [-0.25, -0.2) is 0 Å². The molecule has 2 unspecified atom stereocenters. The largest absolute Gasteiger partial charge is 0.0654 e. The molecule has 1 aliphatic carbocycles. The van der Waals surface area contributed by atoms with Crippen LogP contribution in [0.4, 0.5) is 0 Å². The minimum atomic E-state index is 1.01. The summed E-state index contributed by atoms with van der Waals surface area (Å²) in [4.78, 5) is 0. The highest BCUT2D eigenvalue weighted by Gasteiger charge is 2.29. The summed E-state index contributed by atoms with van der Waals surface area (Å²) in [7, 11) is 0. The minimum absolute atomic E-state index is 1.01. The zero-order valence-corrected chi connectivity index (χ0v) is 6.56. The lowest BCUT2D eigenvalue weighted by atomic mass is 9.96. The molecule has 0 bridgehead atoms. The second kappa shape index (κ2) is 3.24. The Morgan fingerprint density at radius 1 is 1.56 bits per heavy atom. The molecular weight excluding hydrogens is 108 g/mol. The summed E-state index contributed by atoms with van der Waals surface area (Å²) in [6.07, 6.45) is 8.04. The molecule has 1 rings (SSSR count). The molecular formula is C9H17. The van der Waals surface area contributed by atoms with E-state index in [9.17, 15) is 0 Å². The first-order valence-corrected chi connectivity index (χ1v) is 4.21. The predicted molar refractivity (Wildman–Crippen MR) is 41.1 cm³/mol. The summed E-state index contributed by atoms with van der Waals surface area (Å²) >= 11 is 0. The van der Waals surface area contributed by atoms with Crippen molar-refractivity contribution in [2.75, 3.05) is 0 Å². The van der Waals surface area contributed by atoms with Crippen LogP contribution in [0.2, 0.25) is 0 Å². The highest BCUT2D eigenvalue weighted by atomic mass is 14.3. The van der Waals surface area contributed by atoms with E-state index in [1.54, 1.807) is 0 Å². The normalized spacial score (nSPS) is 22.0. The summed E-state index contributed by atoms with van der Waals surface area (Å²) < 4.78 is 0. The molecule has 0 N–H and O–H groups in total. The van der Waals surface area contributed by atoms with Crippen molar-refractivity contribution < 1.29 is 0 Å². The van der Waals surface area contributed by atoms with E-state index >= 15 is 0 Å². The molecule has 2 atom stereocenters. The van der Waals surface area contributed by atoms with Gasteiger partial charge in [-0.2, -0.15) is 0 Å². The van der Waals surface area contributed by atoms with Crippen LogP contribution in [-0.4, -0.2) is 0 Å². The maximum atomic E-state index is 2.45. The fraction of sp³-hybridized carbons (Fsp3) is 0.889. The van der Waals surface area contributed by atoms with E-state index < -0.39 is 0 Å². The van der Waals surface area contributed by atoms with Gasteiger partial charge in [0.05, 0.1) is 0 Å². The average molecular weight is 125 g/mol. The van der Waals surface area contributed by atoms with E-state index in [4.69, 9.17) is 0 Å². The lowest BCUT2D eigenvalue weighted by Crippen LogP contribution is -1.99. The van der Waals surface area contributed by atoms with Gasteiger partial charge >= 0.3 is 0 Å². The third-order valence-corrected chi connectivity index (χ3v) is 2.30. The van der Waals surface area contributed by atoms with Crippen LogP contribution in [0, 0.1) is 18.3 Å². The molecule has 0 aliphatic heterocycles. The summed E-state index contributed by atoms with van der Waals surface area (Å²) in [5, 5.41) is 0. The van der Waals surface area contributed by atoms with Crippen molar-refractivity contribution in [3.8, 4) is 0 Å². The van der Waals surface area contributed by atoms with Gasteiger partial charge in [0, 0.05) is 0 Å². The topological polar surface area (TPSA) is 0 Å². The smallest absolute Gasteiger partial charge is 0.0349 e. The molecule has 1 radical (unpaired) electrons. The van der Waals surface area contributed by atoms with E-state index in [1.807, 2.05) is 0 Å². The third-order valence-electron chi connectivity index (χ3n) is 2.30. The van der Waals surface area contributed by atoms with Crippen molar-refractivity contribution in [2.24, 2.45) is 11.8 Å². The molecule has 0 amide bonds. The van der Waals surface area contributed by atoms with E-state index in [2.05, 4.69) is 20.3 Å². The highest BCUT2D eigenvalue weighted by Crippen LogP contribution is 2.39. The third kappa shape index (κ3) is 2.00. The summed E-state index contributed by atoms with van der Waals surface area (Å²) in [5.74, 6) is 2.03. The lowest BCUT2D eigenvalue weighted by Gasteiger charge is -2.10. The molecule has 0 spiro atoms. The quantitative estimate of drug-likeness (QED) is 0.541. The minimum Gasteiger partial charge on any atom is -0.0654 e. The molecule has 0 heterocycles. The lowest BCUT2D eigenvalue weighted by molar-refractivity contribution is 0.420. The maximum Gasteiger partial charge on any atom is -0.0349 e. The fourth-order valence-corrected chi connectivity index (χ4v) is 1.56. The maximum absolute atomic E-state index is 2.45. The van der Waals surface area contributed by atoms with Crippen LogP contribution in [0.15, 0.2) is 0 Å². The molecule has 1 aliphatic rings. The van der Waals surface area contributed by atoms with Gasteiger partial charge in [0.2, 0.25) is 0 Å². The Hall–Kier alpha value is 0. The van der Waals surface area contributed by atoms with Crippen LogP contribution >= 0.6 is 0 Å². The van der Waals surface area contributed by atoms with Crippen molar-refractivity contribution in [1.82, 2.24) is 0 Å². The van der Waals surface area contributed by atoms with Gasteiger partial charge in [-0.3, -0.25) is 0 Å². The molecule has 0 aromatic carbocycles. The molecule has 9 heavy (non-hydrogen) atoms. The van der Waals surface area contributed by atoms with Gasteiger partial charge < -0.3 is 0 Å². The molecule has 0 heteroatoms. The molecule has 53 valence electrons. The van der Waals surface area contributed by atoms with Crippen LogP contribution in [0.1, 0.15) is 39.5 Å². The van der Waals surface area contributed by atoms with Gasteiger partial charge in [-0.1, -0.05) is 33.1 Å². The predicted octanol–water partition coefficient (Wildman–Crippen LogP) is 3.04. The van der Waals surface area contributed by atoms with Crippen LogP contribution in [0.3, 0.4) is 0 Å². The second-order valence-electron chi connectivity index (χ2n) is 3.09. The van der Waals surface area contributed by atoms with Gasteiger partial charge in [0.25, 0.3) is 0 Å². The molecule has 0 nitrogen and oxygen atoms in total. The molecule has 1 saturated carbocycles. The van der Waals surface area contributed by atoms with Crippen LogP contribution in [0.5, 0.6) is 0 Å². The van der Waals surface area contributed by atoms with E-state index in [0.29, 0.717) is 0 Å². The summed E-state index contributed by atoms with van der Waals surface area (Å²) in [6, 6.07) is 0. The molecule has 0 aromatic heterocycles. The Balaban J connectivity index is 2.12.